The summed E-state index contributed by atoms with van der Waals surface area (Å²) in [6.07, 6.45) is 6.22. The van der Waals surface area contributed by atoms with Crippen molar-refractivity contribution < 1.29 is 0 Å². The molecule has 22 heavy (non-hydrogen) atoms. The third-order valence-corrected chi connectivity index (χ3v) is 5.22. The summed E-state index contributed by atoms with van der Waals surface area (Å²) in [5, 5.41) is 4.24. The lowest BCUT2D eigenvalue weighted by Crippen LogP contribution is -2.47. The first-order chi connectivity index (χ1) is 10.7. The number of nitrogens with zero attached hydrogens (tertiary/aromatic N) is 4. The summed E-state index contributed by atoms with van der Waals surface area (Å²) in [4.78, 5) is 11.5. The molecule has 1 N–H and O–H groups in total. The van der Waals surface area contributed by atoms with Gasteiger partial charge < -0.3 is 10.2 Å². The van der Waals surface area contributed by atoms with Crippen LogP contribution in [0.15, 0.2) is 12.3 Å². The van der Waals surface area contributed by atoms with Gasteiger partial charge in [-0.1, -0.05) is 12.8 Å². The van der Waals surface area contributed by atoms with Crippen molar-refractivity contribution in [1.29, 1.82) is 0 Å². The van der Waals surface area contributed by atoms with Gasteiger partial charge in [-0.3, -0.25) is 0 Å². The predicted octanol–water partition coefficient (Wildman–Crippen LogP) is 3.53. The summed E-state index contributed by atoms with van der Waals surface area (Å²) < 4.78 is 4.27. The fourth-order valence-corrected chi connectivity index (χ4v) is 3.72. The zero-order valence-corrected chi connectivity index (χ0v) is 13.9. The summed E-state index contributed by atoms with van der Waals surface area (Å²) in [6.45, 7) is 6.37. The van der Waals surface area contributed by atoms with Crippen LogP contribution in [0, 0.1) is 25.7 Å². The summed E-state index contributed by atoms with van der Waals surface area (Å²) >= 11 is 1.44. The van der Waals surface area contributed by atoms with Gasteiger partial charge in [0.05, 0.1) is 5.69 Å². The first kappa shape index (κ1) is 13.9. The van der Waals surface area contributed by atoms with E-state index in [1.54, 1.807) is 0 Å². The van der Waals surface area contributed by atoms with Crippen molar-refractivity contribution in [2.24, 2.45) is 11.8 Å². The maximum Gasteiger partial charge on any atom is 0.229 e. The monoisotopic (exact) mass is 315 g/mol. The molecular formula is C16H21N5S. The molecule has 1 saturated heterocycles. The zero-order valence-electron chi connectivity index (χ0n) is 13.0. The van der Waals surface area contributed by atoms with E-state index in [2.05, 4.69) is 26.5 Å². The van der Waals surface area contributed by atoms with Crippen molar-refractivity contribution in [2.75, 3.05) is 23.3 Å². The van der Waals surface area contributed by atoms with Crippen LogP contribution in [0.25, 0.3) is 0 Å². The molecule has 2 aromatic heterocycles. The molecule has 0 radical (unpaired) electrons. The molecule has 0 spiro atoms. The van der Waals surface area contributed by atoms with E-state index < -0.39 is 0 Å². The molecule has 1 saturated carbocycles. The minimum Gasteiger partial charge on any atom is -0.356 e. The number of rotatable bonds is 5. The molecule has 1 aliphatic heterocycles. The van der Waals surface area contributed by atoms with Gasteiger partial charge in [-0.25, -0.2) is 4.98 Å². The Kier molecular flexibility index (Phi) is 3.48. The Morgan fingerprint density at radius 1 is 1.27 bits per heavy atom. The van der Waals surface area contributed by atoms with Crippen LogP contribution in [0.2, 0.25) is 0 Å². The van der Waals surface area contributed by atoms with E-state index in [4.69, 9.17) is 4.98 Å². The molecule has 0 aromatic carbocycles. The highest BCUT2D eigenvalue weighted by Gasteiger charge is 2.34. The van der Waals surface area contributed by atoms with Crippen LogP contribution in [0.5, 0.6) is 0 Å². The molecule has 0 atom stereocenters. The van der Waals surface area contributed by atoms with Gasteiger partial charge in [0.2, 0.25) is 5.95 Å². The number of hydrogen-bond donors (Lipinski definition) is 1. The van der Waals surface area contributed by atoms with Crippen molar-refractivity contribution >= 4 is 28.3 Å². The SMILES string of the molecule is Cc1cc(Nc2ncc(C)c(N3CC(CC4CC4)C3)n2)sn1. The third kappa shape index (κ3) is 2.92. The van der Waals surface area contributed by atoms with Gasteiger partial charge in [0.1, 0.15) is 10.8 Å². The molecule has 1 aliphatic carbocycles. The van der Waals surface area contributed by atoms with E-state index in [0.717, 1.165) is 47.0 Å². The second-order valence-corrected chi connectivity index (χ2v) is 7.41. The highest BCUT2D eigenvalue weighted by molar-refractivity contribution is 7.10. The summed E-state index contributed by atoms with van der Waals surface area (Å²) in [5.74, 6) is 3.62. The standard InChI is InChI=1S/C16H21N5S/c1-10-7-17-16(18-14-5-11(2)20-22-14)19-15(10)21-8-13(9-21)6-12-3-4-12/h5,7,12-13H,3-4,6,8-9H2,1-2H3,(H,17,18,19). The molecule has 4 rings (SSSR count). The predicted molar refractivity (Wildman–Crippen MR) is 89.9 cm³/mol. The molecule has 3 heterocycles. The van der Waals surface area contributed by atoms with E-state index >= 15 is 0 Å². The highest BCUT2D eigenvalue weighted by Crippen LogP contribution is 2.39. The van der Waals surface area contributed by atoms with Crippen molar-refractivity contribution in [2.45, 2.75) is 33.1 Å². The van der Waals surface area contributed by atoms with Crippen LogP contribution in [-0.2, 0) is 0 Å². The fourth-order valence-electron chi connectivity index (χ4n) is 3.06. The van der Waals surface area contributed by atoms with Gasteiger partial charge in [0, 0.05) is 24.8 Å². The van der Waals surface area contributed by atoms with Gasteiger partial charge in [0.15, 0.2) is 0 Å². The van der Waals surface area contributed by atoms with Gasteiger partial charge >= 0.3 is 0 Å². The van der Waals surface area contributed by atoms with Crippen LogP contribution < -0.4 is 10.2 Å². The zero-order chi connectivity index (χ0) is 15.1. The lowest BCUT2D eigenvalue weighted by atomic mass is 9.93. The Balaban J connectivity index is 1.44. The van der Waals surface area contributed by atoms with Crippen LogP contribution in [0.1, 0.15) is 30.5 Å². The quantitative estimate of drug-likeness (QED) is 0.915. The third-order valence-electron chi connectivity index (χ3n) is 4.43. The Morgan fingerprint density at radius 3 is 2.77 bits per heavy atom. The second kappa shape index (κ2) is 5.50. The molecule has 0 amide bonds. The number of anilines is 3. The van der Waals surface area contributed by atoms with E-state index in [0.29, 0.717) is 5.95 Å². The van der Waals surface area contributed by atoms with Crippen LogP contribution in [0.4, 0.5) is 16.8 Å². The van der Waals surface area contributed by atoms with Crippen LogP contribution >= 0.6 is 11.5 Å². The second-order valence-electron chi connectivity index (χ2n) is 6.61. The molecule has 2 fully saturated rings. The van der Waals surface area contributed by atoms with Gasteiger partial charge in [0.25, 0.3) is 0 Å². The topological polar surface area (TPSA) is 53.9 Å². The normalized spacial score (nSPS) is 18.4. The van der Waals surface area contributed by atoms with Gasteiger partial charge in [-0.15, -0.1) is 0 Å². The molecule has 2 aromatic rings. The maximum atomic E-state index is 4.71. The average Bonchev–Trinajstić information content (AvgIpc) is 3.18. The Morgan fingerprint density at radius 2 is 2.09 bits per heavy atom. The minimum absolute atomic E-state index is 0.662. The maximum absolute atomic E-state index is 4.71. The minimum atomic E-state index is 0.662. The Hall–Kier alpha value is -1.69. The smallest absolute Gasteiger partial charge is 0.229 e. The lowest BCUT2D eigenvalue weighted by Gasteiger charge is -2.41. The number of hydrogen-bond acceptors (Lipinski definition) is 6. The van der Waals surface area contributed by atoms with Gasteiger partial charge in [-0.05, 0) is 49.7 Å². The van der Waals surface area contributed by atoms with E-state index in [9.17, 15) is 0 Å². The fraction of sp³-hybridized carbons (Fsp3) is 0.562. The molecule has 5 nitrogen and oxygen atoms in total. The van der Waals surface area contributed by atoms with E-state index in [1.807, 2.05) is 19.2 Å². The van der Waals surface area contributed by atoms with Crippen molar-refractivity contribution in [3.05, 3.63) is 23.5 Å². The number of aromatic nitrogens is 3. The Labute approximate surface area is 135 Å². The average molecular weight is 315 g/mol. The molecular weight excluding hydrogens is 294 g/mol. The van der Waals surface area contributed by atoms with Crippen LogP contribution in [0.3, 0.4) is 0 Å². The van der Waals surface area contributed by atoms with Crippen molar-refractivity contribution in [3.8, 4) is 0 Å². The summed E-state index contributed by atoms with van der Waals surface area (Å²) in [7, 11) is 0. The molecule has 6 heteroatoms. The van der Waals surface area contributed by atoms with Crippen molar-refractivity contribution in [1.82, 2.24) is 14.3 Å². The van der Waals surface area contributed by atoms with E-state index in [1.165, 1.54) is 30.8 Å². The lowest BCUT2D eigenvalue weighted by molar-refractivity contribution is 0.363. The number of aryl methyl sites for hydroxylation is 2. The van der Waals surface area contributed by atoms with E-state index in [-0.39, 0.29) is 0 Å². The Bertz CT molecular complexity index is 673. The summed E-state index contributed by atoms with van der Waals surface area (Å²) in [5.41, 5.74) is 2.17. The first-order valence-electron chi connectivity index (χ1n) is 7.96. The number of nitrogens with one attached hydrogen (secondary N) is 1. The highest BCUT2D eigenvalue weighted by atomic mass is 32.1. The molecule has 0 bridgehead atoms. The molecule has 116 valence electrons. The summed E-state index contributed by atoms with van der Waals surface area (Å²) in [6, 6.07) is 2.02. The molecule has 2 aliphatic rings. The van der Waals surface area contributed by atoms with Gasteiger partial charge in [-0.2, -0.15) is 9.36 Å². The largest absolute Gasteiger partial charge is 0.356 e. The van der Waals surface area contributed by atoms with Crippen molar-refractivity contribution in [3.63, 3.8) is 0 Å². The molecule has 0 unspecified atom stereocenters. The first-order valence-corrected chi connectivity index (χ1v) is 8.73. The van der Waals surface area contributed by atoms with Crippen LogP contribution in [-0.4, -0.2) is 27.4 Å².